The topological polar surface area (TPSA) is 74.2 Å². The smallest absolute Gasteiger partial charge is 0.363 e. The fraction of sp³-hybridized carbons (Fsp3) is 0.0800. The Hall–Kier alpha value is -3.61. The molecule has 0 aromatic heterocycles. The average Bonchev–Trinajstić information content (AvgIpc) is 3.17. The van der Waals surface area contributed by atoms with Gasteiger partial charge in [-0.2, -0.15) is 0 Å². The number of halogens is 2. The molecule has 0 spiro atoms. The number of cyclic esters (lactones) is 1. The van der Waals surface area contributed by atoms with Crippen molar-refractivity contribution in [2.45, 2.75) is 6.92 Å². The number of carbonyl (C=O) groups is 2. The molecule has 0 atom stereocenters. The first kappa shape index (κ1) is 22.6. The lowest BCUT2D eigenvalue weighted by atomic mass is 10.2. The third-order valence-corrected chi connectivity index (χ3v) is 5.32. The summed E-state index contributed by atoms with van der Waals surface area (Å²) in [6.45, 7) is 2.47. The molecular formula is C25H17Cl2NO5. The van der Waals surface area contributed by atoms with Crippen molar-refractivity contribution in [2.75, 3.05) is 6.61 Å². The second kappa shape index (κ2) is 9.90. The van der Waals surface area contributed by atoms with Gasteiger partial charge in [-0.3, -0.25) is 0 Å². The van der Waals surface area contributed by atoms with Crippen LogP contribution in [-0.4, -0.2) is 24.4 Å². The predicted molar refractivity (Wildman–Crippen MR) is 126 cm³/mol. The number of nitrogens with zero attached hydrogens (tertiary/aromatic N) is 1. The Morgan fingerprint density at radius 2 is 1.67 bits per heavy atom. The SMILES string of the molecule is CCOc1ccc(C2=N/C(=C\c3ccc(OC(=O)c4ccc(Cl)c(Cl)c4)cc3)C(=O)O2)cc1. The first-order chi connectivity index (χ1) is 15.9. The number of aliphatic imine (C=N–C) groups is 1. The number of carbonyl (C=O) groups excluding carboxylic acids is 2. The monoisotopic (exact) mass is 481 g/mol. The molecule has 0 amide bonds. The van der Waals surface area contributed by atoms with E-state index in [1.807, 2.05) is 6.92 Å². The first-order valence-electron chi connectivity index (χ1n) is 9.96. The standard InChI is InChI=1S/C25H17Cl2NO5/c1-2-31-18-10-5-16(6-11-18)23-28-22(25(30)33-23)13-15-3-8-19(9-4-15)32-24(29)17-7-12-20(26)21(27)14-17/h3-14H,2H2,1H3/b22-13-. The van der Waals surface area contributed by atoms with Gasteiger partial charge in [-0.1, -0.05) is 35.3 Å². The lowest BCUT2D eigenvalue weighted by Gasteiger charge is -2.05. The maximum absolute atomic E-state index is 12.3. The van der Waals surface area contributed by atoms with E-state index in [-0.39, 0.29) is 22.2 Å². The summed E-state index contributed by atoms with van der Waals surface area (Å²) in [6.07, 6.45) is 1.59. The van der Waals surface area contributed by atoms with Crippen LogP contribution in [0.3, 0.4) is 0 Å². The minimum absolute atomic E-state index is 0.166. The Balaban J connectivity index is 1.46. The zero-order valence-electron chi connectivity index (χ0n) is 17.4. The van der Waals surface area contributed by atoms with Crippen LogP contribution in [0.2, 0.25) is 10.0 Å². The van der Waals surface area contributed by atoms with Crippen LogP contribution in [0.5, 0.6) is 11.5 Å². The molecule has 166 valence electrons. The van der Waals surface area contributed by atoms with Gasteiger partial charge in [0.1, 0.15) is 11.5 Å². The summed E-state index contributed by atoms with van der Waals surface area (Å²) in [5.41, 5.74) is 1.80. The maximum atomic E-state index is 12.3. The van der Waals surface area contributed by atoms with Gasteiger partial charge in [0.15, 0.2) is 5.70 Å². The molecule has 8 heteroatoms. The molecule has 0 saturated carbocycles. The number of hydrogen-bond donors (Lipinski definition) is 0. The van der Waals surface area contributed by atoms with E-state index in [1.165, 1.54) is 18.2 Å². The van der Waals surface area contributed by atoms with E-state index in [4.69, 9.17) is 37.4 Å². The van der Waals surface area contributed by atoms with E-state index < -0.39 is 11.9 Å². The highest BCUT2D eigenvalue weighted by Crippen LogP contribution is 2.25. The van der Waals surface area contributed by atoms with Crippen LogP contribution in [-0.2, 0) is 9.53 Å². The van der Waals surface area contributed by atoms with Crippen LogP contribution in [0.25, 0.3) is 6.08 Å². The zero-order valence-corrected chi connectivity index (χ0v) is 18.9. The Morgan fingerprint density at radius 1 is 0.970 bits per heavy atom. The molecule has 33 heavy (non-hydrogen) atoms. The van der Waals surface area contributed by atoms with E-state index >= 15 is 0 Å². The van der Waals surface area contributed by atoms with Crippen LogP contribution in [0.15, 0.2) is 77.4 Å². The van der Waals surface area contributed by atoms with Gasteiger partial charge in [0, 0.05) is 5.56 Å². The quantitative estimate of drug-likeness (QED) is 0.246. The summed E-state index contributed by atoms with van der Waals surface area (Å²) in [4.78, 5) is 28.8. The van der Waals surface area contributed by atoms with Gasteiger partial charge < -0.3 is 14.2 Å². The molecule has 0 bridgehead atoms. The maximum Gasteiger partial charge on any atom is 0.363 e. The Labute approximate surface area is 200 Å². The van der Waals surface area contributed by atoms with Crippen molar-refractivity contribution in [1.82, 2.24) is 0 Å². The first-order valence-corrected chi connectivity index (χ1v) is 10.7. The number of rotatable bonds is 6. The van der Waals surface area contributed by atoms with Crippen LogP contribution in [0, 0.1) is 0 Å². The number of benzene rings is 3. The molecule has 0 aliphatic carbocycles. The second-order valence-corrected chi connectivity index (χ2v) is 7.70. The molecule has 0 radical (unpaired) electrons. The minimum Gasteiger partial charge on any atom is -0.494 e. The van der Waals surface area contributed by atoms with Crippen molar-refractivity contribution in [3.05, 3.63) is 99.2 Å². The van der Waals surface area contributed by atoms with Crippen molar-refractivity contribution in [1.29, 1.82) is 0 Å². The fourth-order valence-corrected chi connectivity index (χ4v) is 3.27. The summed E-state index contributed by atoms with van der Waals surface area (Å²) >= 11 is 11.8. The molecule has 0 unspecified atom stereocenters. The van der Waals surface area contributed by atoms with Gasteiger partial charge >= 0.3 is 11.9 Å². The predicted octanol–water partition coefficient (Wildman–Crippen LogP) is 5.96. The third-order valence-electron chi connectivity index (χ3n) is 4.58. The van der Waals surface area contributed by atoms with E-state index in [9.17, 15) is 9.59 Å². The highest BCUT2D eigenvalue weighted by Gasteiger charge is 2.24. The number of esters is 2. The molecule has 0 saturated heterocycles. The Morgan fingerprint density at radius 3 is 2.33 bits per heavy atom. The summed E-state index contributed by atoms with van der Waals surface area (Å²) in [7, 11) is 0. The molecular weight excluding hydrogens is 465 g/mol. The van der Waals surface area contributed by atoms with Crippen LogP contribution in [0.4, 0.5) is 0 Å². The van der Waals surface area contributed by atoms with E-state index in [0.717, 1.165) is 5.75 Å². The van der Waals surface area contributed by atoms with Crippen molar-refractivity contribution in [3.8, 4) is 11.5 Å². The van der Waals surface area contributed by atoms with E-state index in [1.54, 1.807) is 54.6 Å². The van der Waals surface area contributed by atoms with Gasteiger partial charge in [0.25, 0.3) is 0 Å². The van der Waals surface area contributed by atoms with Gasteiger partial charge in [-0.25, -0.2) is 14.6 Å². The van der Waals surface area contributed by atoms with Crippen LogP contribution in [0.1, 0.15) is 28.4 Å². The van der Waals surface area contributed by atoms with Crippen molar-refractivity contribution in [2.24, 2.45) is 4.99 Å². The highest BCUT2D eigenvalue weighted by atomic mass is 35.5. The normalized spacial score (nSPS) is 14.1. The van der Waals surface area contributed by atoms with Gasteiger partial charge in [-0.05, 0) is 73.2 Å². The molecule has 1 aliphatic heterocycles. The average molecular weight is 482 g/mol. The highest BCUT2D eigenvalue weighted by molar-refractivity contribution is 6.42. The van der Waals surface area contributed by atoms with E-state index in [0.29, 0.717) is 28.5 Å². The van der Waals surface area contributed by atoms with Crippen LogP contribution >= 0.6 is 23.2 Å². The zero-order chi connectivity index (χ0) is 23.4. The van der Waals surface area contributed by atoms with Gasteiger partial charge in [0.2, 0.25) is 5.90 Å². The molecule has 1 aliphatic rings. The summed E-state index contributed by atoms with van der Waals surface area (Å²) in [5.74, 6) is 0.168. The van der Waals surface area contributed by atoms with Gasteiger partial charge in [-0.15, -0.1) is 0 Å². The Bertz CT molecular complexity index is 1260. The lowest BCUT2D eigenvalue weighted by molar-refractivity contribution is -0.129. The largest absolute Gasteiger partial charge is 0.494 e. The molecule has 0 N–H and O–H groups in total. The minimum atomic E-state index is -0.566. The molecule has 1 heterocycles. The lowest BCUT2D eigenvalue weighted by Crippen LogP contribution is -2.08. The Kier molecular flexibility index (Phi) is 6.77. The van der Waals surface area contributed by atoms with Crippen LogP contribution < -0.4 is 9.47 Å². The molecule has 0 fully saturated rings. The summed E-state index contributed by atoms with van der Waals surface area (Å²) in [5, 5.41) is 0.617. The number of hydrogen-bond acceptors (Lipinski definition) is 6. The molecule has 6 nitrogen and oxygen atoms in total. The number of ether oxygens (including phenoxy) is 3. The summed E-state index contributed by atoms with van der Waals surface area (Å²) in [6, 6.07) is 18.2. The van der Waals surface area contributed by atoms with Crippen molar-refractivity contribution < 1.29 is 23.8 Å². The van der Waals surface area contributed by atoms with Gasteiger partial charge in [0.05, 0.1) is 22.2 Å². The third kappa shape index (κ3) is 5.42. The van der Waals surface area contributed by atoms with E-state index in [2.05, 4.69) is 4.99 Å². The van der Waals surface area contributed by atoms with Crippen molar-refractivity contribution in [3.63, 3.8) is 0 Å². The second-order valence-electron chi connectivity index (χ2n) is 6.88. The van der Waals surface area contributed by atoms with Crippen molar-refractivity contribution >= 4 is 47.1 Å². The fourth-order valence-electron chi connectivity index (χ4n) is 2.97. The summed E-state index contributed by atoms with van der Waals surface area (Å²) < 4.78 is 16.1. The molecule has 3 aromatic rings. The molecule has 4 rings (SSSR count). The molecule has 3 aromatic carbocycles.